The van der Waals surface area contributed by atoms with Gasteiger partial charge >= 0.3 is 0 Å². The molecule has 0 bridgehead atoms. The van der Waals surface area contributed by atoms with Gasteiger partial charge in [0.25, 0.3) is 5.91 Å². The quantitative estimate of drug-likeness (QED) is 0.823. The van der Waals surface area contributed by atoms with Crippen LogP contribution in [0.3, 0.4) is 0 Å². The lowest BCUT2D eigenvalue weighted by Gasteiger charge is -2.17. The van der Waals surface area contributed by atoms with Gasteiger partial charge in [-0.2, -0.15) is 0 Å². The summed E-state index contributed by atoms with van der Waals surface area (Å²) in [6.45, 7) is 5.51. The van der Waals surface area contributed by atoms with Crippen LogP contribution in [-0.4, -0.2) is 48.8 Å². The third-order valence-electron chi connectivity index (χ3n) is 4.34. The van der Waals surface area contributed by atoms with Gasteiger partial charge in [-0.05, 0) is 38.0 Å². The Balaban J connectivity index is 2.06. The molecule has 0 N–H and O–H groups in total. The molecule has 1 fully saturated rings. The van der Waals surface area contributed by atoms with E-state index in [0.29, 0.717) is 19.8 Å². The molecule has 124 valence electrons. The predicted molar refractivity (Wildman–Crippen MR) is 90.1 cm³/mol. The molecule has 1 aromatic carbocycles. The van der Waals surface area contributed by atoms with E-state index in [-0.39, 0.29) is 5.91 Å². The van der Waals surface area contributed by atoms with Gasteiger partial charge in [0.05, 0.1) is 18.7 Å². The van der Waals surface area contributed by atoms with Crippen molar-refractivity contribution >= 4 is 16.8 Å². The van der Waals surface area contributed by atoms with Gasteiger partial charge in [-0.15, -0.1) is 0 Å². The maximum atomic E-state index is 12.9. The first-order chi connectivity index (χ1) is 11.3. The lowest BCUT2D eigenvalue weighted by molar-refractivity contribution is 0.0780. The summed E-state index contributed by atoms with van der Waals surface area (Å²) in [7, 11) is 1.68. The second-order valence-corrected chi connectivity index (χ2v) is 5.80. The number of ether oxygens (including phenoxy) is 2. The maximum absolute atomic E-state index is 12.9. The Morgan fingerprint density at radius 2 is 2.04 bits per heavy atom. The highest BCUT2D eigenvalue weighted by Gasteiger charge is 2.24. The number of fused-ring (bicyclic) bond motifs is 1. The molecule has 0 radical (unpaired) electrons. The summed E-state index contributed by atoms with van der Waals surface area (Å²) in [6.07, 6.45) is 2.18. The molecule has 1 aromatic heterocycles. The minimum atomic E-state index is 0.109. The minimum absolute atomic E-state index is 0.109. The van der Waals surface area contributed by atoms with E-state index < -0.39 is 0 Å². The van der Waals surface area contributed by atoms with Crippen LogP contribution in [0.1, 0.15) is 30.3 Å². The summed E-state index contributed by atoms with van der Waals surface area (Å²) in [5.74, 6) is 0.939. The minimum Gasteiger partial charge on any atom is -0.493 e. The van der Waals surface area contributed by atoms with Gasteiger partial charge in [0.2, 0.25) is 0 Å². The van der Waals surface area contributed by atoms with Crippen LogP contribution in [0.2, 0.25) is 0 Å². The highest BCUT2D eigenvalue weighted by molar-refractivity contribution is 6.00. The van der Waals surface area contributed by atoms with Crippen LogP contribution in [0.15, 0.2) is 24.3 Å². The van der Waals surface area contributed by atoms with Crippen LogP contribution in [0.5, 0.6) is 5.75 Å². The molecule has 2 heterocycles. The first-order valence-corrected chi connectivity index (χ1v) is 8.29. The standard InChI is InChI=1S/C18H24N2O3/c1-3-23-17-8-6-7-15-14(17)13-16(20(15)11-12-22-2)18(21)19-9-4-5-10-19/h6-8,13H,3-5,9-12H2,1-2H3. The number of nitrogens with zero attached hydrogens (tertiary/aromatic N) is 2. The van der Waals surface area contributed by atoms with Gasteiger partial charge in [-0.25, -0.2) is 0 Å². The number of rotatable bonds is 6. The van der Waals surface area contributed by atoms with E-state index in [1.807, 2.05) is 36.1 Å². The summed E-state index contributed by atoms with van der Waals surface area (Å²) < 4.78 is 13.0. The van der Waals surface area contributed by atoms with Crippen LogP contribution in [0.4, 0.5) is 0 Å². The Hall–Kier alpha value is -2.01. The first kappa shape index (κ1) is 15.9. The van der Waals surface area contributed by atoms with Crippen LogP contribution in [0.25, 0.3) is 10.9 Å². The van der Waals surface area contributed by atoms with Crippen molar-refractivity contribution in [2.24, 2.45) is 0 Å². The summed E-state index contributed by atoms with van der Waals surface area (Å²) in [6, 6.07) is 7.93. The monoisotopic (exact) mass is 316 g/mol. The molecule has 0 unspecified atom stereocenters. The number of carbonyl (C=O) groups is 1. The van der Waals surface area contributed by atoms with Crippen molar-refractivity contribution in [1.29, 1.82) is 0 Å². The molecule has 0 atom stereocenters. The van der Waals surface area contributed by atoms with Gasteiger partial charge in [0, 0.05) is 32.1 Å². The third-order valence-corrected chi connectivity index (χ3v) is 4.34. The topological polar surface area (TPSA) is 43.7 Å². The van der Waals surface area contributed by atoms with E-state index in [2.05, 4.69) is 4.57 Å². The number of hydrogen-bond acceptors (Lipinski definition) is 3. The smallest absolute Gasteiger partial charge is 0.270 e. The Morgan fingerprint density at radius 1 is 1.26 bits per heavy atom. The average molecular weight is 316 g/mol. The van der Waals surface area contributed by atoms with Crippen molar-refractivity contribution < 1.29 is 14.3 Å². The summed E-state index contributed by atoms with van der Waals surface area (Å²) in [5, 5.41) is 0.994. The van der Waals surface area contributed by atoms with Crippen molar-refractivity contribution in [3.63, 3.8) is 0 Å². The molecule has 1 saturated heterocycles. The second kappa shape index (κ2) is 7.04. The molecule has 3 rings (SSSR count). The van der Waals surface area contributed by atoms with Gasteiger partial charge in [0.1, 0.15) is 11.4 Å². The number of hydrogen-bond donors (Lipinski definition) is 0. The molecular formula is C18H24N2O3. The predicted octanol–water partition coefficient (Wildman–Crippen LogP) is 2.92. The highest BCUT2D eigenvalue weighted by Crippen LogP contribution is 2.30. The Morgan fingerprint density at radius 3 is 2.74 bits per heavy atom. The lowest BCUT2D eigenvalue weighted by atomic mass is 10.2. The van der Waals surface area contributed by atoms with E-state index in [1.165, 1.54) is 0 Å². The third kappa shape index (κ3) is 3.06. The molecule has 1 aliphatic rings. The van der Waals surface area contributed by atoms with Gasteiger partial charge < -0.3 is 18.9 Å². The Kier molecular flexibility index (Phi) is 4.86. The van der Waals surface area contributed by atoms with Crippen LogP contribution in [0, 0.1) is 0 Å². The number of aromatic nitrogens is 1. The van der Waals surface area contributed by atoms with Crippen molar-refractivity contribution in [2.75, 3.05) is 33.4 Å². The van der Waals surface area contributed by atoms with Gasteiger partial charge in [-0.1, -0.05) is 6.07 Å². The molecule has 23 heavy (non-hydrogen) atoms. The normalized spacial score (nSPS) is 14.6. The van der Waals surface area contributed by atoms with Crippen molar-refractivity contribution in [1.82, 2.24) is 9.47 Å². The highest BCUT2D eigenvalue weighted by atomic mass is 16.5. The van der Waals surface area contributed by atoms with E-state index in [9.17, 15) is 4.79 Å². The Bertz CT molecular complexity index is 687. The molecular weight excluding hydrogens is 292 g/mol. The fraction of sp³-hybridized carbons (Fsp3) is 0.500. The lowest BCUT2D eigenvalue weighted by Crippen LogP contribution is -2.29. The molecule has 0 spiro atoms. The van der Waals surface area contributed by atoms with E-state index in [1.54, 1.807) is 7.11 Å². The largest absolute Gasteiger partial charge is 0.493 e. The number of likely N-dealkylation sites (tertiary alicyclic amines) is 1. The molecule has 0 aliphatic carbocycles. The molecule has 0 saturated carbocycles. The van der Waals surface area contributed by atoms with Crippen LogP contribution < -0.4 is 4.74 Å². The van der Waals surface area contributed by atoms with Crippen molar-refractivity contribution in [2.45, 2.75) is 26.3 Å². The fourth-order valence-electron chi connectivity index (χ4n) is 3.22. The zero-order chi connectivity index (χ0) is 16.2. The first-order valence-electron chi connectivity index (χ1n) is 8.29. The zero-order valence-corrected chi connectivity index (χ0v) is 13.9. The summed E-state index contributed by atoms with van der Waals surface area (Å²) in [5.41, 5.74) is 1.75. The number of amides is 1. The molecule has 1 aliphatic heterocycles. The summed E-state index contributed by atoms with van der Waals surface area (Å²) >= 11 is 0. The van der Waals surface area contributed by atoms with Gasteiger partial charge in [-0.3, -0.25) is 4.79 Å². The number of benzene rings is 1. The average Bonchev–Trinajstić information content (AvgIpc) is 3.21. The van der Waals surface area contributed by atoms with Crippen LogP contribution >= 0.6 is 0 Å². The number of carbonyl (C=O) groups excluding carboxylic acids is 1. The fourth-order valence-corrected chi connectivity index (χ4v) is 3.22. The molecule has 2 aromatic rings. The molecule has 1 amide bonds. The SMILES string of the molecule is CCOc1cccc2c1cc(C(=O)N1CCCC1)n2CCOC. The number of methoxy groups -OCH3 is 1. The van der Waals surface area contributed by atoms with Crippen LogP contribution in [-0.2, 0) is 11.3 Å². The van der Waals surface area contributed by atoms with Crippen molar-refractivity contribution in [3.8, 4) is 5.75 Å². The maximum Gasteiger partial charge on any atom is 0.270 e. The molecule has 5 nitrogen and oxygen atoms in total. The van der Waals surface area contributed by atoms with E-state index >= 15 is 0 Å². The molecule has 5 heteroatoms. The second-order valence-electron chi connectivity index (χ2n) is 5.80. The Labute approximate surface area is 136 Å². The van der Waals surface area contributed by atoms with E-state index in [0.717, 1.165) is 48.3 Å². The summed E-state index contributed by atoms with van der Waals surface area (Å²) in [4.78, 5) is 14.8. The zero-order valence-electron chi connectivity index (χ0n) is 13.9. The van der Waals surface area contributed by atoms with Crippen molar-refractivity contribution in [3.05, 3.63) is 30.0 Å². The van der Waals surface area contributed by atoms with Gasteiger partial charge in [0.15, 0.2) is 0 Å². The van der Waals surface area contributed by atoms with E-state index in [4.69, 9.17) is 9.47 Å².